The Balaban J connectivity index is 1.36. The van der Waals surface area contributed by atoms with E-state index in [1.165, 1.54) is 0 Å². The fourth-order valence-corrected chi connectivity index (χ4v) is 6.55. The summed E-state index contributed by atoms with van der Waals surface area (Å²) in [5.74, 6) is 1.96. The molecule has 0 bridgehead atoms. The number of piperidine rings is 1. The van der Waals surface area contributed by atoms with E-state index in [9.17, 15) is 9.59 Å². The average Bonchev–Trinajstić information content (AvgIpc) is 3.55. The van der Waals surface area contributed by atoms with Gasteiger partial charge < -0.3 is 19.9 Å². The number of benzene rings is 2. The molecule has 4 atom stereocenters. The Bertz CT molecular complexity index is 1380. The van der Waals surface area contributed by atoms with E-state index in [1.54, 1.807) is 11.3 Å². The van der Waals surface area contributed by atoms with Crippen molar-refractivity contribution in [3.63, 3.8) is 0 Å². The fraction of sp³-hybridized carbons (Fsp3) is 0.500. The molecule has 3 heterocycles. The van der Waals surface area contributed by atoms with Crippen LogP contribution in [0.25, 0.3) is 10.6 Å². The second-order valence-electron chi connectivity index (χ2n) is 12.1. The van der Waals surface area contributed by atoms with Crippen molar-refractivity contribution in [2.75, 3.05) is 13.6 Å². The normalized spacial score (nSPS) is 23.3. The molecular formula is C32H41N5O3S. The van der Waals surface area contributed by atoms with Gasteiger partial charge in [-0.25, -0.2) is 0 Å². The van der Waals surface area contributed by atoms with E-state index in [-0.39, 0.29) is 17.9 Å². The number of ether oxygens (including phenoxy) is 1. The second-order valence-corrected chi connectivity index (χ2v) is 13.1. The third kappa shape index (κ3) is 6.79. The largest absolute Gasteiger partial charge is 0.457 e. The highest BCUT2D eigenvalue weighted by molar-refractivity contribution is 7.14. The van der Waals surface area contributed by atoms with Gasteiger partial charge in [-0.2, -0.15) is 0 Å². The summed E-state index contributed by atoms with van der Waals surface area (Å²) < 4.78 is 6.39. The molecule has 0 radical (unpaired) electrons. The molecule has 2 aliphatic heterocycles. The minimum absolute atomic E-state index is 0.103. The molecule has 2 saturated heterocycles. The lowest BCUT2D eigenvalue weighted by Gasteiger charge is -2.40. The molecule has 0 aliphatic carbocycles. The van der Waals surface area contributed by atoms with E-state index >= 15 is 0 Å². The average molecular weight is 576 g/mol. The van der Waals surface area contributed by atoms with Crippen LogP contribution in [0.5, 0.6) is 11.5 Å². The number of hydrogen-bond acceptors (Lipinski definition) is 7. The zero-order valence-corrected chi connectivity index (χ0v) is 25.7. The van der Waals surface area contributed by atoms with E-state index in [0.29, 0.717) is 53.9 Å². The van der Waals surface area contributed by atoms with E-state index < -0.39 is 0 Å². The molecule has 2 aromatic carbocycles. The molecule has 41 heavy (non-hydrogen) atoms. The number of aromatic nitrogens is 2. The van der Waals surface area contributed by atoms with Crippen LogP contribution in [-0.4, -0.2) is 63.5 Å². The van der Waals surface area contributed by atoms with E-state index in [1.807, 2.05) is 47.4 Å². The highest BCUT2D eigenvalue weighted by Gasteiger charge is 2.30. The SMILES string of the molecule is CC(C)c1nnc(-c2ccc(Oc3cc(C(=O)NC4C[C@@H](C)N(C)[C@@H](C)C4)ccc3CN3C[C@@H](C)CC3=O)cc2)s1. The maximum absolute atomic E-state index is 13.4. The number of carbonyl (C=O) groups is 2. The van der Waals surface area contributed by atoms with Gasteiger partial charge in [0.15, 0.2) is 0 Å². The van der Waals surface area contributed by atoms with Crippen LogP contribution in [0.1, 0.15) is 80.7 Å². The van der Waals surface area contributed by atoms with Crippen molar-refractivity contribution < 1.29 is 14.3 Å². The minimum Gasteiger partial charge on any atom is -0.457 e. The number of amides is 2. The smallest absolute Gasteiger partial charge is 0.251 e. The monoisotopic (exact) mass is 575 g/mol. The van der Waals surface area contributed by atoms with Gasteiger partial charge in [-0.15, -0.1) is 10.2 Å². The number of nitrogens with one attached hydrogen (secondary N) is 1. The number of nitrogens with zero attached hydrogens (tertiary/aromatic N) is 4. The third-order valence-corrected chi connectivity index (χ3v) is 9.61. The van der Waals surface area contributed by atoms with Gasteiger partial charge >= 0.3 is 0 Å². The van der Waals surface area contributed by atoms with Gasteiger partial charge in [-0.1, -0.05) is 38.2 Å². The third-order valence-electron chi connectivity index (χ3n) is 8.34. The quantitative estimate of drug-likeness (QED) is 0.350. The number of hydrogen-bond donors (Lipinski definition) is 1. The lowest BCUT2D eigenvalue weighted by molar-refractivity contribution is -0.128. The van der Waals surface area contributed by atoms with Crippen molar-refractivity contribution in [3.05, 3.63) is 58.6 Å². The molecule has 9 heteroatoms. The molecular weight excluding hydrogens is 534 g/mol. The summed E-state index contributed by atoms with van der Waals surface area (Å²) >= 11 is 1.60. The summed E-state index contributed by atoms with van der Waals surface area (Å²) in [4.78, 5) is 30.2. The predicted molar refractivity (Wildman–Crippen MR) is 162 cm³/mol. The summed E-state index contributed by atoms with van der Waals surface area (Å²) in [5.41, 5.74) is 2.41. The summed E-state index contributed by atoms with van der Waals surface area (Å²) in [5, 5.41) is 13.8. The van der Waals surface area contributed by atoms with Gasteiger partial charge in [0.05, 0.1) is 0 Å². The lowest BCUT2D eigenvalue weighted by Crippen LogP contribution is -2.51. The summed E-state index contributed by atoms with van der Waals surface area (Å²) in [6.07, 6.45) is 2.40. The van der Waals surface area contributed by atoms with Gasteiger partial charge in [-0.05, 0) is 76.1 Å². The van der Waals surface area contributed by atoms with Crippen LogP contribution in [0.2, 0.25) is 0 Å². The van der Waals surface area contributed by atoms with Gasteiger partial charge in [0.25, 0.3) is 5.91 Å². The molecule has 2 fully saturated rings. The first-order valence-electron chi connectivity index (χ1n) is 14.6. The van der Waals surface area contributed by atoms with Crippen LogP contribution >= 0.6 is 11.3 Å². The summed E-state index contributed by atoms with van der Waals surface area (Å²) in [6, 6.07) is 14.3. The second kappa shape index (κ2) is 12.3. The van der Waals surface area contributed by atoms with Crippen molar-refractivity contribution in [2.45, 2.75) is 84.5 Å². The van der Waals surface area contributed by atoms with Crippen molar-refractivity contribution in [1.82, 2.24) is 25.3 Å². The zero-order chi connectivity index (χ0) is 29.3. The molecule has 2 amide bonds. The van der Waals surface area contributed by atoms with E-state index in [4.69, 9.17) is 4.74 Å². The molecule has 5 rings (SSSR count). The van der Waals surface area contributed by atoms with Crippen molar-refractivity contribution in [1.29, 1.82) is 0 Å². The van der Waals surface area contributed by atoms with Crippen LogP contribution < -0.4 is 10.1 Å². The Hall–Kier alpha value is -3.30. The molecule has 218 valence electrons. The maximum Gasteiger partial charge on any atom is 0.251 e. The molecule has 0 spiro atoms. The molecule has 3 aromatic rings. The Kier molecular flexibility index (Phi) is 8.75. The molecule has 2 aliphatic rings. The first-order valence-corrected chi connectivity index (χ1v) is 15.4. The summed E-state index contributed by atoms with van der Waals surface area (Å²) in [7, 11) is 2.14. The Morgan fingerprint density at radius 3 is 2.39 bits per heavy atom. The topological polar surface area (TPSA) is 87.7 Å². The van der Waals surface area contributed by atoms with E-state index in [0.717, 1.165) is 40.5 Å². The van der Waals surface area contributed by atoms with Crippen molar-refractivity contribution in [2.24, 2.45) is 5.92 Å². The number of carbonyl (C=O) groups excluding carboxylic acids is 2. The van der Waals surface area contributed by atoms with Gasteiger partial charge in [0.2, 0.25) is 5.91 Å². The highest BCUT2D eigenvalue weighted by Crippen LogP contribution is 2.33. The van der Waals surface area contributed by atoms with Crippen LogP contribution in [-0.2, 0) is 11.3 Å². The molecule has 1 aromatic heterocycles. The molecule has 8 nitrogen and oxygen atoms in total. The van der Waals surface area contributed by atoms with Gasteiger partial charge in [0, 0.05) is 60.2 Å². The lowest BCUT2D eigenvalue weighted by atomic mass is 9.93. The number of likely N-dealkylation sites (tertiary alicyclic amines) is 2. The number of rotatable bonds is 8. The predicted octanol–water partition coefficient (Wildman–Crippen LogP) is 6.09. The molecule has 1 unspecified atom stereocenters. The molecule has 0 saturated carbocycles. The summed E-state index contributed by atoms with van der Waals surface area (Å²) in [6.45, 7) is 11.9. The van der Waals surface area contributed by atoms with Crippen LogP contribution in [0, 0.1) is 5.92 Å². The highest BCUT2D eigenvalue weighted by atomic mass is 32.1. The van der Waals surface area contributed by atoms with Crippen LogP contribution in [0.4, 0.5) is 0 Å². The van der Waals surface area contributed by atoms with Gasteiger partial charge in [-0.3, -0.25) is 9.59 Å². The van der Waals surface area contributed by atoms with Gasteiger partial charge in [0.1, 0.15) is 21.5 Å². The van der Waals surface area contributed by atoms with Crippen LogP contribution in [0.15, 0.2) is 42.5 Å². The van der Waals surface area contributed by atoms with E-state index in [2.05, 4.69) is 62.1 Å². The Labute approximate surface area is 247 Å². The Morgan fingerprint density at radius 2 is 1.78 bits per heavy atom. The maximum atomic E-state index is 13.4. The van der Waals surface area contributed by atoms with Crippen molar-refractivity contribution >= 4 is 23.2 Å². The minimum atomic E-state index is -0.103. The standard InChI is InChI=1S/C32H41N5O3S/c1-19(2)31-34-35-32(41-31)23-9-11-27(12-10-23)40-28-16-24(7-8-25(28)18-37-17-20(3)13-29(37)38)30(39)33-26-14-21(4)36(6)22(5)15-26/h7-12,16,19-22,26H,13-15,17-18H2,1-6H3,(H,33,39)/t20-,21-,22+,26?/m0/s1. The first kappa shape index (κ1) is 29.2. The van der Waals surface area contributed by atoms with Crippen LogP contribution in [0.3, 0.4) is 0 Å². The zero-order valence-electron chi connectivity index (χ0n) is 24.9. The molecule has 1 N–H and O–H groups in total. The Morgan fingerprint density at radius 1 is 1.07 bits per heavy atom. The van der Waals surface area contributed by atoms with Crippen molar-refractivity contribution in [3.8, 4) is 22.1 Å². The fourth-order valence-electron chi connectivity index (χ4n) is 5.70. The first-order chi connectivity index (χ1) is 19.6.